The number of aromatic amines is 1. The monoisotopic (exact) mass is 244 g/mol. The first-order valence-electron chi connectivity index (χ1n) is 5.36. The fourth-order valence-electron chi connectivity index (χ4n) is 1.59. The third kappa shape index (κ3) is 2.57. The van der Waals surface area contributed by atoms with Gasteiger partial charge in [-0.3, -0.25) is 4.79 Å². The van der Waals surface area contributed by atoms with Crippen LogP contribution in [0.3, 0.4) is 0 Å². The van der Waals surface area contributed by atoms with Gasteiger partial charge in [0.15, 0.2) is 0 Å². The van der Waals surface area contributed by atoms with Crippen LogP contribution in [0.4, 0.5) is 11.5 Å². The SMILES string of the molecule is Cc1ccccc1Nc1cc(C(=O)O)cc(=O)[nH]1. The van der Waals surface area contributed by atoms with Gasteiger partial charge in [0.2, 0.25) is 5.56 Å². The maximum absolute atomic E-state index is 11.3. The zero-order valence-corrected chi connectivity index (χ0v) is 9.73. The second-order valence-electron chi connectivity index (χ2n) is 3.89. The Kier molecular flexibility index (Phi) is 3.14. The average molecular weight is 244 g/mol. The molecule has 2 rings (SSSR count). The first-order valence-corrected chi connectivity index (χ1v) is 5.36. The molecule has 1 aromatic heterocycles. The molecule has 0 aliphatic heterocycles. The van der Waals surface area contributed by atoms with Gasteiger partial charge in [0.05, 0.1) is 5.56 Å². The summed E-state index contributed by atoms with van der Waals surface area (Å²) in [4.78, 5) is 24.7. The number of hydrogen-bond donors (Lipinski definition) is 3. The van der Waals surface area contributed by atoms with Crippen LogP contribution in [0.2, 0.25) is 0 Å². The number of hydrogen-bond acceptors (Lipinski definition) is 3. The minimum atomic E-state index is -1.13. The normalized spacial score (nSPS) is 10.1. The Morgan fingerprint density at radius 3 is 2.67 bits per heavy atom. The lowest BCUT2D eigenvalue weighted by Gasteiger charge is -2.09. The van der Waals surface area contributed by atoms with Crippen molar-refractivity contribution in [2.45, 2.75) is 6.92 Å². The number of rotatable bonds is 3. The summed E-state index contributed by atoms with van der Waals surface area (Å²) in [5, 5.41) is 11.9. The molecule has 0 fully saturated rings. The van der Waals surface area contributed by atoms with Crippen LogP contribution in [0.1, 0.15) is 15.9 Å². The van der Waals surface area contributed by atoms with Crippen LogP contribution in [0, 0.1) is 6.92 Å². The summed E-state index contributed by atoms with van der Waals surface area (Å²) in [5.74, 6) is -0.775. The van der Waals surface area contributed by atoms with E-state index in [4.69, 9.17) is 5.11 Å². The molecule has 1 heterocycles. The lowest BCUT2D eigenvalue weighted by Crippen LogP contribution is -2.11. The van der Waals surface area contributed by atoms with Gasteiger partial charge in [-0.2, -0.15) is 0 Å². The van der Waals surface area contributed by atoms with Gasteiger partial charge in [0, 0.05) is 11.8 Å². The molecule has 0 bridgehead atoms. The number of aryl methyl sites for hydroxylation is 1. The van der Waals surface area contributed by atoms with Crippen molar-refractivity contribution in [1.29, 1.82) is 0 Å². The van der Waals surface area contributed by atoms with Gasteiger partial charge in [-0.1, -0.05) is 18.2 Å². The van der Waals surface area contributed by atoms with E-state index in [9.17, 15) is 9.59 Å². The third-order valence-electron chi connectivity index (χ3n) is 2.51. The molecular weight excluding hydrogens is 232 g/mol. The minimum Gasteiger partial charge on any atom is -0.478 e. The molecule has 0 aliphatic carbocycles. The van der Waals surface area contributed by atoms with Crippen LogP contribution in [-0.4, -0.2) is 16.1 Å². The number of H-pyrrole nitrogens is 1. The lowest BCUT2D eigenvalue weighted by molar-refractivity contribution is 0.0696. The Hall–Kier alpha value is -2.56. The molecule has 0 radical (unpaired) electrons. The fraction of sp³-hybridized carbons (Fsp3) is 0.0769. The van der Waals surface area contributed by atoms with E-state index in [1.165, 1.54) is 6.07 Å². The molecule has 0 saturated heterocycles. The second-order valence-corrected chi connectivity index (χ2v) is 3.89. The van der Waals surface area contributed by atoms with Crippen molar-refractivity contribution in [3.63, 3.8) is 0 Å². The zero-order valence-electron chi connectivity index (χ0n) is 9.73. The lowest BCUT2D eigenvalue weighted by atomic mass is 10.2. The van der Waals surface area contributed by atoms with Crippen molar-refractivity contribution in [2.24, 2.45) is 0 Å². The summed E-state index contributed by atoms with van der Waals surface area (Å²) in [5.41, 5.74) is 1.32. The van der Waals surface area contributed by atoms with Crippen molar-refractivity contribution in [3.8, 4) is 0 Å². The number of pyridine rings is 1. The van der Waals surface area contributed by atoms with E-state index in [1.807, 2.05) is 31.2 Å². The predicted molar refractivity (Wildman–Crippen MR) is 68.5 cm³/mol. The Balaban J connectivity index is 2.38. The maximum atomic E-state index is 11.3. The molecule has 5 nitrogen and oxygen atoms in total. The second kappa shape index (κ2) is 4.75. The first-order chi connectivity index (χ1) is 8.56. The molecule has 1 aromatic carbocycles. The van der Waals surface area contributed by atoms with Gasteiger partial charge in [-0.25, -0.2) is 4.79 Å². The van der Waals surface area contributed by atoms with E-state index in [0.717, 1.165) is 17.3 Å². The number of aromatic carboxylic acids is 1. The van der Waals surface area contributed by atoms with Gasteiger partial charge in [-0.05, 0) is 24.6 Å². The number of anilines is 2. The zero-order chi connectivity index (χ0) is 13.1. The van der Waals surface area contributed by atoms with Crippen LogP contribution >= 0.6 is 0 Å². The molecule has 0 atom stereocenters. The van der Waals surface area contributed by atoms with Gasteiger partial charge in [-0.15, -0.1) is 0 Å². The summed E-state index contributed by atoms with van der Waals surface area (Å²) < 4.78 is 0. The maximum Gasteiger partial charge on any atom is 0.336 e. The summed E-state index contributed by atoms with van der Waals surface area (Å²) in [6.07, 6.45) is 0. The quantitative estimate of drug-likeness (QED) is 0.772. The van der Waals surface area contributed by atoms with Gasteiger partial charge < -0.3 is 15.4 Å². The topological polar surface area (TPSA) is 82.2 Å². The highest BCUT2D eigenvalue weighted by atomic mass is 16.4. The Labute approximate surface area is 103 Å². The molecule has 18 heavy (non-hydrogen) atoms. The molecule has 5 heteroatoms. The molecular formula is C13H12N2O3. The third-order valence-corrected chi connectivity index (χ3v) is 2.51. The highest BCUT2D eigenvalue weighted by Gasteiger charge is 2.06. The molecule has 0 aliphatic rings. The van der Waals surface area contributed by atoms with Crippen molar-refractivity contribution in [1.82, 2.24) is 4.98 Å². The van der Waals surface area contributed by atoms with E-state index in [-0.39, 0.29) is 5.56 Å². The number of carboxylic acid groups (broad SMARTS) is 1. The van der Waals surface area contributed by atoms with Crippen molar-refractivity contribution < 1.29 is 9.90 Å². The van der Waals surface area contributed by atoms with Gasteiger partial charge >= 0.3 is 5.97 Å². The van der Waals surface area contributed by atoms with Crippen LogP contribution in [0.25, 0.3) is 0 Å². The molecule has 0 saturated carbocycles. The van der Waals surface area contributed by atoms with Gasteiger partial charge in [0.1, 0.15) is 5.82 Å². The molecule has 92 valence electrons. The summed E-state index contributed by atoms with van der Waals surface area (Å²) in [6, 6.07) is 9.95. The van der Waals surface area contributed by atoms with E-state index >= 15 is 0 Å². The predicted octanol–water partition coefficient (Wildman–Crippen LogP) is 2.13. The number of para-hydroxylation sites is 1. The summed E-state index contributed by atoms with van der Waals surface area (Å²) >= 11 is 0. The highest BCUT2D eigenvalue weighted by Crippen LogP contribution is 2.18. The number of aromatic nitrogens is 1. The summed E-state index contributed by atoms with van der Waals surface area (Å²) in [7, 11) is 0. The molecule has 0 spiro atoms. The molecule has 3 N–H and O–H groups in total. The molecule has 0 unspecified atom stereocenters. The minimum absolute atomic E-state index is 0.0464. The van der Waals surface area contributed by atoms with E-state index in [2.05, 4.69) is 10.3 Å². The van der Waals surface area contributed by atoms with E-state index in [1.54, 1.807) is 0 Å². The highest BCUT2D eigenvalue weighted by molar-refractivity contribution is 5.88. The van der Waals surface area contributed by atoms with Crippen molar-refractivity contribution >= 4 is 17.5 Å². The van der Waals surface area contributed by atoms with Crippen LogP contribution < -0.4 is 10.9 Å². The van der Waals surface area contributed by atoms with E-state index in [0.29, 0.717) is 5.82 Å². The first kappa shape index (κ1) is 11.9. The largest absolute Gasteiger partial charge is 0.478 e. The van der Waals surface area contributed by atoms with Crippen molar-refractivity contribution in [2.75, 3.05) is 5.32 Å². The number of carboxylic acids is 1. The Morgan fingerprint density at radius 2 is 2.00 bits per heavy atom. The van der Waals surface area contributed by atoms with E-state index < -0.39 is 11.5 Å². The summed E-state index contributed by atoms with van der Waals surface area (Å²) in [6.45, 7) is 1.92. The Bertz CT molecular complexity index is 647. The Morgan fingerprint density at radius 1 is 1.28 bits per heavy atom. The fourth-order valence-corrected chi connectivity index (χ4v) is 1.59. The van der Waals surface area contributed by atoms with Crippen molar-refractivity contribution in [3.05, 3.63) is 57.9 Å². The standard InChI is InChI=1S/C13H12N2O3/c1-8-4-2-3-5-10(8)14-11-6-9(13(17)18)7-12(16)15-11/h2-7H,1H3,(H,17,18)(H2,14,15,16). The average Bonchev–Trinajstić information content (AvgIpc) is 2.31. The van der Waals surface area contributed by atoms with Crippen LogP contribution in [0.5, 0.6) is 0 Å². The number of benzene rings is 1. The smallest absolute Gasteiger partial charge is 0.336 e. The molecule has 0 amide bonds. The molecule has 2 aromatic rings. The van der Waals surface area contributed by atoms with Crippen LogP contribution in [-0.2, 0) is 0 Å². The number of carbonyl (C=O) groups is 1. The van der Waals surface area contributed by atoms with Crippen LogP contribution in [0.15, 0.2) is 41.2 Å². The van der Waals surface area contributed by atoms with Gasteiger partial charge in [0.25, 0.3) is 0 Å². The number of nitrogens with one attached hydrogen (secondary N) is 2.